The van der Waals surface area contributed by atoms with Crippen LogP contribution in [-0.2, 0) is 0 Å². The van der Waals surface area contributed by atoms with Crippen LogP contribution in [0.15, 0.2) is 183 Å². The van der Waals surface area contributed by atoms with Crippen LogP contribution in [0.2, 0.25) is 0 Å². The summed E-state index contributed by atoms with van der Waals surface area (Å²) in [6, 6.07) is 60.3. The summed E-state index contributed by atoms with van der Waals surface area (Å²) in [6.07, 6.45) is 0. The van der Waals surface area contributed by atoms with Crippen LogP contribution in [0, 0.1) is 0 Å². The van der Waals surface area contributed by atoms with E-state index in [1.165, 1.54) is 38.2 Å². The molecule has 0 saturated carbocycles. The van der Waals surface area contributed by atoms with Crippen molar-refractivity contribution in [3.8, 4) is 33.4 Å². The van der Waals surface area contributed by atoms with Crippen LogP contribution in [0.4, 0.5) is 0 Å². The lowest BCUT2D eigenvalue weighted by molar-refractivity contribution is 0.633. The van der Waals surface area contributed by atoms with Crippen LogP contribution < -0.4 is 0 Å². The average Bonchev–Trinajstić information content (AvgIpc) is 3.91. The largest absolute Gasteiger partial charge is 0.455 e. The number of benzene rings is 9. The van der Waals surface area contributed by atoms with Gasteiger partial charge < -0.3 is 13.3 Å². The number of para-hydroxylation sites is 3. The maximum Gasteiger partial charge on any atom is 0.178 e. The average molecular weight is 677 g/mol. The van der Waals surface area contributed by atoms with Gasteiger partial charge in [0.1, 0.15) is 22.3 Å². The zero-order valence-corrected chi connectivity index (χ0v) is 28.4. The SMILES string of the molecule is c1ccc2c(c1)oc1c(-c3ccc(-c4c5ccccc5c(-c5ccc6oc7c(ccc8c9ccccc9oc87)c6c5)c5ccccc45)cc3)cccc12. The van der Waals surface area contributed by atoms with Gasteiger partial charge in [0, 0.05) is 37.9 Å². The summed E-state index contributed by atoms with van der Waals surface area (Å²) < 4.78 is 19.3. The van der Waals surface area contributed by atoms with Crippen molar-refractivity contribution in [3.05, 3.63) is 170 Å². The second kappa shape index (κ2) is 10.7. The highest BCUT2D eigenvalue weighted by atomic mass is 16.4. The third-order valence-electron chi connectivity index (χ3n) is 11.1. The summed E-state index contributed by atoms with van der Waals surface area (Å²) in [5.74, 6) is 0. The Hall–Kier alpha value is -7.10. The van der Waals surface area contributed by atoms with Crippen LogP contribution in [0.3, 0.4) is 0 Å². The van der Waals surface area contributed by atoms with E-state index in [2.05, 4.69) is 140 Å². The molecule has 0 N–H and O–H groups in total. The summed E-state index contributed by atoms with van der Waals surface area (Å²) in [5, 5.41) is 11.4. The summed E-state index contributed by atoms with van der Waals surface area (Å²) >= 11 is 0. The molecule has 3 nitrogen and oxygen atoms in total. The van der Waals surface area contributed by atoms with E-state index in [-0.39, 0.29) is 0 Å². The van der Waals surface area contributed by atoms with E-state index < -0.39 is 0 Å². The fourth-order valence-corrected chi connectivity index (χ4v) is 8.71. The van der Waals surface area contributed by atoms with Crippen molar-refractivity contribution in [1.29, 1.82) is 0 Å². The molecule has 0 fully saturated rings. The normalized spacial score (nSPS) is 12.2. The molecule has 0 aliphatic carbocycles. The second-order valence-electron chi connectivity index (χ2n) is 13.9. The molecule has 12 rings (SSSR count). The molecule has 12 aromatic rings. The number of hydrogen-bond donors (Lipinski definition) is 0. The van der Waals surface area contributed by atoms with Gasteiger partial charge in [-0.3, -0.25) is 0 Å². The zero-order chi connectivity index (χ0) is 34.6. The van der Waals surface area contributed by atoms with Crippen molar-refractivity contribution in [3.63, 3.8) is 0 Å². The first-order chi connectivity index (χ1) is 26.3. The molecule has 0 aliphatic heterocycles. The first kappa shape index (κ1) is 28.6. The minimum absolute atomic E-state index is 0.788. The van der Waals surface area contributed by atoms with Gasteiger partial charge in [0.15, 0.2) is 11.2 Å². The van der Waals surface area contributed by atoms with Crippen LogP contribution in [-0.4, -0.2) is 0 Å². The zero-order valence-electron chi connectivity index (χ0n) is 28.4. The highest BCUT2D eigenvalue weighted by Crippen LogP contribution is 2.46. The third-order valence-corrected chi connectivity index (χ3v) is 11.1. The molecule has 0 radical (unpaired) electrons. The molecular weight excluding hydrogens is 649 g/mol. The van der Waals surface area contributed by atoms with Gasteiger partial charge in [-0.2, -0.15) is 0 Å². The van der Waals surface area contributed by atoms with Crippen molar-refractivity contribution in [2.45, 2.75) is 0 Å². The van der Waals surface area contributed by atoms with Crippen LogP contribution in [0.25, 0.3) is 121 Å². The van der Waals surface area contributed by atoms with Crippen molar-refractivity contribution in [1.82, 2.24) is 0 Å². The Bertz CT molecular complexity index is 3390. The molecule has 0 saturated heterocycles. The molecule has 53 heavy (non-hydrogen) atoms. The predicted octanol–water partition coefficient (Wildman–Crippen LogP) is 14.7. The van der Waals surface area contributed by atoms with Crippen LogP contribution in [0.5, 0.6) is 0 Å². The van der Waals surface area contributed by atoms with Gasteiger partial charge in [0.2, 0.25) is 0 Å². The molecule has 0 aliphatic rings. The van der Waals surface area contributed by atoms with Crippen molar-refractivity contribution < 1.29 is 13.3 Å². The standard InChI is InChI=1S/C50H28O3/c1-3-14-37-35(12-1)46(30-22-20-29(21-23-30)32-16-9-17-39-33-10-5-7-18-43(33)51-48(32)39)36-13-2-4-15-38(36)47(37)31-24-27-45-42(28-31)41-26-25-40-34-11-6-8-19-44(34)52-49(40)50(41)53-45/h1-28H. The molecular formula is C50H28O3. The third kappa shape index (κ3) is 4.05. The van der Waals surface area contributed by atoms with Gasteiger partial charge in [0.05, 0.1) is 0 Å². The number of furan rings is 3. The quantitative estimate of drug-likeness (QED) is 0.175. The van der Waals surface area contributed by atoms with Crippen molar-refractivity contribution >= 4 is 87.4 Å². The fourth-order valence-electron chi connectivity index (χ4n) is 8.71. The Balaban J connectivity index is 1.04. The van der Waals surface area contributed by atoms with Crippen LogP contribution in [0.1, 0.15) is 0 Å². The highest BCUT2D eigenvalue weighted by molar-refractivity contribution is 6.23. The van der Waals surface area contributed by atoms with Gasteiger partial charge in [-0.05, 0) is 85.8 Å². The van der Waals surface area contributed by atoms with Gasteiger partial charge in [-0.1, -0.05) is 133 Å². The van der Waals surface area contributed by atoms with Gasteiger partial charge >= 0.3 is 0 Å². The van der Waals surface area contributed by atoms with Gasteiger partial charge in [-0.25, -0.2) is 0 Å². The predicted molar refractivity (Wildman–Crippen MR) is 220 cm³/mol. The van der Waals surface area contributed by atoms with E-state index in [0.29, 0.717) is 0 Å². The molecule has 9 aromatic carbocycles. The minimum atomic E-state index is 0.788. The minimum Gasteiger partial charge on any atom is -0.455 e. The van der Waals surface area contributed by atoms with Crippen molar-refractivity contribution in [2.24, 2.45) is 0 Å². The lowest BCUT2D eigenvalue weighted by Gasteiger charge is -2.18. The summed E-state index contributed by atoms with van der Waals surface area (Å²) in [5.41, 5.74) is 12.1. The smallest absolute Gasteiger partial charge is 0.178 e. The molecule has 3 aromatic heterocycles. The number of fused-ring (bicyclic) bond motifs is 12. The van der Waals surface area contributed by atoms with E-state index in [4.69, 9.17) is 13.3 Å². The molecule has 0 atom stereocenters. The Morgan fingerprint density at radius 2 is 0.660 bits per heavy atom. The first-order valence-electron chi connectivity index (χ1n) is 18.0. The second-order valence-corrected chi connectivity index (χ2v) is 13.9. The Morgan fingerprint density at radius 1 is 0.245 bits per heavy atom. The highest BCUT2D eigenvalue weighted by Gasteiger charge is 2.20. The molecule has 0 bridgehead atoms. The van der Waals surface area contributed by atoms with E-state index in [1.54, 1.807) is 0 Å². The van der Waals surface area contributed by atoms with Gasteiger partial charge in [0.25, 0.3) is 0 Å². The fraction of sp³-hybridized carbons (Fsp3) is 0. The molecule has 3 heterocycles. The summed E-state index contributed by atoms with van der Waals surface area (Å²) in [7, 11) is 0. The Morgan fingerprint density at radius 3 is 1.26 bits per heavy atom. The van der Waals surface area contributed by atoms with E-state index >= 15 is 0 Å². The van der Waals surface area contributed by atoms with Crippen LogP contribution >= 0.6 is 0 Å². The summed E-state index contributed by atoms with van der Waals surface area (Å²) in [6.45, 7) is 0. The lowest BCUT2D eigenvalue weighted by atomic mass is 9.85. The Labute approximate surface area is 302 Å². The van der Waals surface area contributed by atoms with E-state index in [9.17, 15) is 0 Å². The Kier molecular flexibility index (Phi) is 5.77. The maximum atomic E-state index is 6.52. The van der Waals surface area contributed by atoms with Crippen molar-refractivity contribution in [2.75, 3.05) is 0 Å². The number of rotatable bonds is 3. The molecule has 3 heteroatoms. The monoisotopic (exact) mass is 676 g/mol. The van der Waals surface area contributed by atoms with E-state index in [0.717, 1.165) is 82.5 Å². The number of hydrogen-bond acceptors (Lipinski definition) is 3. The first-order valence-corrected chi connectivity index (χ1v) is 18.0. The van der Waals surface area contributed by atoms with E-state index in [1.807, 2.05) is 30.3 Å². The molecule has 0 spiro atoms. The maximum absolute atomic E-state index is 6.52. The molecule has 0 unspecified atom stereocenters. The lowest BCUT2D eigenvalue weighted by Crippen LogP contribution is -1.91. The summed E-state index contributed by atoms with van der Waals surface area (Å²) in [4.78, 5) is 0. The molecule has 246 valence electrons. The molecule has 0 amide bonds. The topological polar surface area (TPSA) is 39.4 Å². The van der Waals surface area contributed by atoms with Gasteiger partial charge in [-0.15, -0.1) is 0 Å².